The van der Waals surface area contributed by atoms with Crippen LogP contribution in [0.4, 0.5) is 20.4 Å². The third-order valence-corrected chi connectivity index (χ3v) is 5.81. The van der Waals surface area contributed by atoms with Gasteiger partial charge in [-0.15, -0.1) is 0 Å². The first-order valence-electron chi connectivity index (χ1n) is 10.4. The lowest BCUT2D eigenvalue weighted by molar-refractivity contribution is 0.559. The van der Waals surface area contributed by atoms with Crippen LogP contribution in [0.5, 0.6) is 0 Å². The first-order valence-corrected chi connectivity index (χ1v) is 11.1. The van der Waals surface area contributed by atoms with E-state index in [1.807, 2.05) is 0 Å². The highest BCUT2D eigenvalue weighted by Crippen LogP contribution is 2.23. The van der Waals surface area contributed by atoms with E-state index in [4.69, 9.17) is 23.2 Å². The van der Waals surface area contributed by atoms with Crippen LogP contribution in [0.3, 0.4) is 0 Å². The van der Waals surface area contributed by atoms with E-state index in [9.17, 15) is 18.4 Å². The number of nitrogens with one attached hydrogen (secondary N) is 1. The number of rotatable bonds is 5. The fraction of sp³-hybridized carbons (Fsp3) is 0.0870. The smallest absolute Gasteiger partial charge is 0.325 e. The average molecular weight is 530 g/mol. The van der Waals surface area contributed by atoms with E-state index in [1.165, 1.54) is 18.5 Å². The lowest BCUT2D eigenvalue weighted by Gasteiger charge is -2.16. The average Bonchev–Trinajstić information content (AvgIpc) is 3.19. The number of benzene rings is 2. The predicted molar refractivity (Wildman–Crippen MR) is 131 cm³/mol. The molecule has 0 saturated carbocycles. The monoisotopic (exact) mass is 529 g/mol. The van der Waals surface area contributed by atoms with Crippen LogP contribution in [0, 0.1) is 11.6 Å². The minimum absolute atomic E-state index is 0.0692. The van der Waals surface area contributed by atoms with E-state index in [2.05, 4.69) is 20.4 Å². The summed E-state index contributed by atoms with van der Waals surface area (Å²) < 4.78 is 31.7. The maximum absolute atomic E-state index is 14.6. The molecule has 0 amide bonds. The molecule has 0 radical (unpaired) electrons. The Labute approximate surface area is 211 Å². The Hall–Kier alpha value is -4.09. The van der Waals surface area contributed by atoms with Gasteiger partial charge in [-0.2, -0.15) is 10.1 Å². The van der Waals surface area contributed by atoms with E-state index in [-0.39, 0.29) is 27.2 Å². The molecule has 5 aromatic rings. The second kappa shape index (κ2) is 9.17. The van der Waals surface area contributed by atoms with Gasteiger partial charge in [0.25, 0.3) is 0 Å². The molecule has 0 atom stereocenters. The minimum atomic E-state index is -0.943. The van der Waals surface area contributed by atoms with Crippen molar-refractivity contribution in [3.8, 4) is 5.69 Å². The Balaban J connectivity index is 1.68. The summed E-state index contributed by atoms with van der Waals surface area (Å²) in [6.07, 6.45) is 4.39. The summed E-state index contributed by atoms with van der Waals surface area (Å²) in [7, 11) is 1.78. The number of hydrogen-bond donors (Lipinski definition) is 1. The highest BCUT2D eigenvalue weighted by molar-refractivity contribution is 6.31. The molecule has 13 heteroatoms. The van der Waals surface area contributed by atoms with Gasteiger partial charge in [0.1, 0.15) is 11.6 Å². The summed E-state index contributed by atoms with van der Waals surface area (Å²) >= 11 is 11.8. The van der Waals surface area contributed by atoms with Crippen LogP contribution < -0.4 is 16.7 Å². The Morgan fingerprint density at radius 2 is 1.83 bits per heavy atom. The van der Waals surface area contributed by atoms with E-state index >= 15 is 0 Å². The zero-order valence-electron chi connectivity index (χ0n) is 18.4. The Morgan fingerprint density at radius 1 is 1.03 bits per heavy atom. The van der Waals surface area contributed by atoms with Crippen molar-refractivity contribution in [2.24, 2.45) is 7.05 Å². The molecule has 182 valence electrons. The summed E-state index contributed by atoms with van der Waals surface area (Å²) in [6.45, 7) is -0.413. The van der Waals surface area contributed by atoms with Crippen molar-refractivity contribution < 1.29 is 8.78 Å². The Kier molecular flexibility index (Phi) is 6.02. The minimum Gasteiger partial charge on any atom is -0.325 e. The van der Waals surface area contributed by atoms with Crippen molar-refractivity contribution in [2.45, 2.75) is 6.54 Å². The molecule has 0 saturated heterocycles. The molecule has 5 rings (SSSR count). The lowest BCUT2D eigenvalue weighted by atomic mass is 10.2. The molecule has 0 unspecified atom stereocenters. The van der Waals surface area contributed by atoms with E-state index in [0.717, 1.165) is 26.1 Å². The second-order valence-electron chi connectivity index (χ2n) is 7.84. The van der Waals surface area contributed by atoms with E-state index in [0.29, 0.717) is 11.8 Å². The molecular formula is C23H15Cl2F2N7O2. The number of halogens is 4. The number of fused-ring (bicyclic) bond motifs is 1. The number of aromatic nitrogens is 6. The van der Waals surface area contributed by atoms with Crippen LogP contribution in [0.2, 0.25) is 10.0 Å². The van der Waals surface area contributed by atoms with Crippen molar-refractivity contribution in [3.05, 3.63) is 103 Å². The number of pyridine rings is 1. The van der Waals surface area contributed by atoms with Crippen molar-refractivity contribution in [3.63, 3.8) is 0 Å². The standard InChI is InChI=1S/C23H15Cl2F2N7O2/c1-32-10-13-4-15(2-3-20(13)31-32)29-21-30-22(35)34(16-6-14(24)8-28-9-16)23(36)33(21)11-12-5-17(25)19(27)7-18(12)26/h2-10H,11H2,1H3,(H,29,30,35). The second-order valence-corrected chi connectivity index (χ2v) is 8.69. The van der Waals surface area contributed by atoms with Gasteiger partial charge in [-0.1, -0.05) is 23.2 Å². The number of hydrogen-bond acceptors (Lipinski definition) is 6. The first-order chi connectivity index (χ1) is 17.2. The van der Waals surface area contributed by atoms with E-state index < -0.39 is 29.6 Å². The van der Waals surface area contributed by atoms with Crippen LogP contribution in [-0.2, 0) is 13.6 Å². The van der Waals surface area contributed by atoms with Crippen molar-refractivity contribution in [2.75, 3.05) is 5.32 Å². The van der Waals surface area contributed by atoms with Gasteiger partial charge >= 0.3 is 11.4 Å². The van der Waals surface area contributed by atoms with Gasteiger partial charge in [0, 0.05) is 42.1 Å². The van der Waals surface area contributed by atoms with Gasteiger partial charge in [0.2, 0.25) is 5.95 Å². The van der Waals surface area contributed by atoms with Crippen LogP contribution >= 0.6 is 23.2 Å². The molecule has 0 aliphatic heterocycles. The SMILES string of the molecule is Cn1cc2cc(Nc3nc(=O)n(-c4cncc(Cl)c4)c(=O)n3Cc3cc(Cl)c(F)cc3F)ccc2n1. The maximum Gasteiger partial charge on any atom is 0.359 e. The van der Waals surface area contributed by atoms with Crippen molar-refractivity contribution in [1.29, 1.82) is 0 Å². The molecule has 0 aliphatic rings. The third kappa shape index (κ3) is 4.45. The van der Waals surface area contributed by atoms with E-state index in [1.54, 1.807) is 36.1 Å². The Bertz CT molecular complexity index is 1760. The lowest BCUT2D eigenvalue weighted by Crippen LogP contribution is -2.41. The van der Waals surface area contributed by atoms with Crippen LogP contribution in [0.25, 0.3) is 16.6 Å². The summed E-state index contributed by atoms with van der Waals surface area (Å²) in [6, 6.07) is 8.24. The van der Waals surface area contributed by atoms with Gasteiger partial charge in [-0.05, 0) is 30.3 Å². The zero-order valence-corrected chi connectivity index (χ0v) is 19.9. The normalized spacial score (nSPS) is 11.2. The van der Waals surface area contributed by atoms with Crippen LogP contribution in [0.1, 0.15) is 5.56 Å². The van der Waals surface area contributed by atoms with Gasteiger partial charge in [0.15, 0.2) is 0 Å². The molecule has 3 aromatic heterocycles. The number of anilines is 2. The largest absolute Gasteiger partial charge is 0.359 e. The fourth-order valence-electron chi connectivity index (χ4n) is 3.69. The molecule has 0 fully saturated rings. The van der Waals surface area contributed by atoms with Gasteiger partial charge in [-0.3, -0.25) is 14.2 Å². The van der Waals surface area contributed by atoms with Gasteiger partial charge in [0.05, 0.1) is 34.0 Å². The molecule has 3 heterocycles. The summed E-state index contributed by atoms with van der Waals surface area (Å²) in [5, 5.41) is 7.91. The van der Waals surface area contributed by atoms with Crippen molar-refractivity contribution in [1.82, 2.24) is 28.9 Å². The summed E-state index contributed by atoms with van der Waals surface area (Å²) in [5.74, 6) is -2.03. The molecule has 0 bridgehead atoms. The third-order valence-electron chi connectivity index (χ3n) is 5.31. The molecule has 1 N–H and O–H groups in total. The quantitative estimate of drug-likeness (QED) is 0.345. The van der Waals surface area contributed by atoms with Crippen LogP contribution in [-0.4, -0.2) is 28.9 Å². The summed E-state index contributed by atoms with van der Waals surface area (Å²) in [5.41, 5.74) is -0.562. The molecule has 0 aliphatic carbocycles. The highest BCUT2D eigenvalue weighted by Gasteiger charge is 2.18. The van der Waals surface area contributed by atoms with Gasteiger partial charge < -0.3 is 5.32 Å². The maximum atomic E-state index is 14.6. The zero-order chi connectivity index (χ0) is 25.6. The molecule has 36 heavy (non-hydrogen) atoms. The highest BCUT2D eigenvalue weighted by atomic mass is 35.5. The number of nitrogens with zero attached hydrogens (tertiary/aromatic N) is 6. The van der Waals surface area contributed by atoms with Gasteiger partial charge in [-0.25, -0.2) is 22.9 Å². The summed E-state index contributed by atoms with van der Waals surface area (Å²) in [4.78, 5) is 34.4. The molecule has 2 aromatic carbocycles. The molecule has 9 nitrogen and oxygen atoms in total. The van der Waals surface area contributed by atoms with Crippen LogP contribution in [0.15, 0.2) is 64.6 Å². The number of aryl methyl sites for hydroxylation is 1. The van der Waals surface area contributed by atoms with Crippen molar-refractivity contribution >= 4 is 45.7 Å². The Morgan fingerprint density at radius 3 is 2.61 bits per heavy atom. The molecule has 0 spiro atoms. The predicted octanol–water partition coefficient (Wildman–Crippen LogP) is 4.05. The first kappa shape index (κ1) is 23.6. The molecular weight excluding hydrogens is 515 g/mol. The fourth-order valence-corrected chi connectivity index (χ4v) is 4.04. The topological polar surface area (TPSA) is 99.6 Å².